The molecule has 0 saturated carbocycles. The van der Waals surface area contributed by atoms with E-state index in [4.69, 9.17) is 24.3 Å². The molecule has 0 aromatic heterocycles. The van der Waals surface area contributed by atoms with Crippen LogP contribution in [0, 0.1) is 0 Å². The van der Waals surface area contributed by atoms with Gasteiger partial charge in [0.15, 0.2) is 0 Å². The Labute approximate surface area is 339 Å². The molecule has 8 nitrogen and oxygen atoms in total. The topological polar surface area (TPSA) is 117 Å². The predicted octanol–water partition coefficient (Wildman–Crippen LogP) is 13.8. The van der Waals surface area contributed by atoms with Gasteiger partial charge in [-0.15, -0.1) is 0 Å². The first kappa shape index (κ1) is 53.7. The van der Waals surface area contributed by atoms with Gasteiger partial charge in [-0.3, -0.25) is 13.8 Å². The second kappa shape index (κ2) is 43.8. The van der Waals surface area contributed by atoms with Crippen molar-refractivity contribution in [3.05, 3.63) is 36.5 Å². The quantitative estimate of drug-likeness (QED) is 0.0271. The van der Waals surface area contributed by atoms with Crippen LogP contribution in [0.5, 0.6) is 0 Å². The fraction of sp³-hybridized carbons (Fsp3) is 0.848. The lowest BCUT2D eigenvalue weighted by atomic mass is 10.1. The number of phosphoric acid groups is 1. The highest BCUT2D eigenvalue weighted by molar-refractivity contribution is 7.47. The monoisotopic (exact) mass is 798 g/mol. The van der Waals surface area contributed by atoms with Crippen LogP contribution in [0.15, 0.2) is 36.5 Å². The molecule has 2 atom stereocenters. The van der Waals surface area contributed by atoms with Gasteiger partial charge in [0.25, 0.3) is 0 Å². The van der Waals surface area contributed by atoms with Crippen molar-refractivity contribution in [2.24, 2.45) is 5.73 Å². The van der Waals surface area contributed by atoms with Crippen molar-refractivity contribution in [2.45, 2.75) is 219 Å². The molecular formula is C46H88NO7P. The van der Waals surface area contributed by atoms with Crippen LogP contribution in [0.25, 0.3) is 0 Å². The average Bonchev–Trinajstić information content (AvgIpc) is 3.17. The third-order valence-corrected chi connectivity index (χ3v) is 10.8. The van der Waals surface area contributed by atoms with Crippen LogP contribution in [0.1, 0.15) is 213 Å². The van der Waals surface area contributed by atoms with E-state index in [2.05, 4.69) is 50.3 Å². The number of hydrogen-bond donors (Lipinski definition) is 2. The molecule has 3 N–H and O–H groups in total. The van der Waals surface area contributed by atoms with Crippen LogP contribution in [0.2, 0.25) is 0 Å². The number of nitrogens with two attached hydrogens (primary N) is 1. The highest BCUT2D eigenvalue weighted by atomic mass is 31.2. The molecule has 55 heavy (non-hydrogen) atoms. The molecule has 9 heteroatoms. The Morgan fingerprint density at radius 1 is 0.545 bits per heavy atom. The summed E-state index contributed by atoms with van der Waals surface area (Å²) in [6, 6.07) is 0. The van der Waals surface area contributed by atoms with Crippen molar-refractivity contribution < 1.29 is 32.8 Å². The van der Waals surface area contributed by atoms with Crippen LogP contribution in [0.3, 0.4) is 0 Å². The van der Waals surface area contributed by atoms with Gasteiger partial charge in [0.1, 0.15) is 6.10 Å². The number of allylic oxidation sites excluding steroid dienone is 6. The van der Waals surface area contributed by atoms with E-state index in [1.54, 1.807) is 0 Å². The fourth-order valence-electron chi connectivity index (χ4n) is 6.37. The molecule has 0 aromatic carbocycles. The van der Waals surface area contributed by atoms with E-state index in [1.165, 1.54) is 154 Å². The van der Waals surface area contributed by atoms with Crippen molar-refractivity contribution >= 4 is 13.8 Å². The van der Waals surface area contributed by atoms with Crippen LogP contribution in [0.4, 0.5) is 0 Å². The van der Waals surface area contributed by atoms with Gasteiger partial charge >= 0.3 is 13.8 Å². The van der Waals surface area contributed by atoms with Crippen LogP contribution < -0.4 is 5.73 Å². The summed E-state index contributed by atoms with van der Waals surface area (Å²) in [6.45, 7) is 4.90. The number of rotatable bonds is 44. The first-order valence-electron chi connectivity index (χ1n) is 23.0. The van der Waals surface area contributed by atoms with E-state index in [0.29, 0.717) is 13.0 Å². The van der Waals surface area contributed by atoms with Crippen molar-refractivity contribution in [1.29, 1.82) is 0 Å². The van der Waals surface area contributed by atoms with Crippen molar-refractivity contribution in [2.75, 3.05) is 33.0 Å². The molecule has 0 amide bonds. The maximum atomic E-state index is 12.6. The average molecular weight is 798 g/mol. The molecule has 0 aromatic rings. The number of carbonyl (C=O) groups is 1. The summed E-state index contributed by atoms with van der Waals surface area (Å²) >= 11 is 0. The zero-order valence-corrected chi connectivity index (χ0v) is 36.8. The molecule has 0 bridgehead atoms. The first-order valence-corrected chi connectivity index (χ1v) is 24.5. The number of esters is 1. The van der Waals surface area contributed by atoms with Gasteiger partial charge < -0.3 is 20.1 Å². The molecule has 0 heterocycles. The second-order valence-corrected chi connectivity index (χ2v) is 16.7. The molecule has 0 aliphatic heterocycles. The van der Waals surface area contributed by atoms with Gasteiger partial charge in [-0.1, -0.05) is 172 Å². The first-order chi connectivity index (χ1) is 26.9. The Morgan fingerprint density at radius 2 is 0.964 bits per heavy atom. The van der Waals surface area contributed by atoms with Gasteiger partial charge in [-0.2, -0.15) is 0 Å². The Hall–Kier alpha value is -1.28. The highest BCUT2D eigenvalue weighted by Crippen LogP contribution is 2.43. The summed E-state index contributed by atoms with van der Waals surface area (Å²) in [4.78, 5) is 22.5. The summed E-state index contributed by atoms with van der Waals surface area (Å²) in [7, 11) is -4.28. The summed E-state index contributed by atoms with van der Waals surface area (Å²) in [6.07, 6.45) is 50.2. The number of unbranched alkanes of at least 4 members (excludes halogenated alkanes) is 25. The van der Waals surface area contributed by atoms with E-state index in [-0.39, 0.29) is 32.3 Å². The Kier molecular flexibility index (Phi) is 42.8. The van der Waals surface area contributed by atoms with Gasteiger partial charge in [-0.05, 0) is 70.6 Å². The van der Waals surface area contributed by atoms with Crippen LogP contribution >= 0.6 is 7.82 Å². The van der Waals surface area contributed by atoms with Crippen molar-refractivity contribution in [3.63, 3.8) is 0 Å². The second-order valence-electron chi connectivity index (χ2n) is 15.3. The highest BCUT2D eigenvalue weighted by Gasteiger charge is 2.25. The largest absolute Gasteiger partial charge is 0.472 e. The van der Waals surface area contributed by atoms with Crippen molar-refractivity contribution in [3.8, 4) is 0 Å². The maximum absolute atomic E-state index is 12.6. The number of carbonyl (C=O) groups excluding carboxylic acids is 1. The molecule has 0 fully saturated rings. The summed E-state index contributed by atoms with van der Waals surface area (Å²) < 4.78 is 33.5. The molecule has 0 rings (SSSR count). The number of hydrogen-bond acceptors (Lipinski definition) is 7. The molecule has 0 radical (unpaired) electrons. The standard InChI is InChI=1S/C46H88NO7P/c1-3-5-7-9-11-13-15-17-19-20-21-22-23-24-25-27-29-31-33-35-37-39-46(48)54-45(44-53-55(49,50)52-42-40-47)43-51-41-38-36-34-32-30-28-26-18-16-14-12-10-8-6-4-2/h15-18,20-21,45H,3-14,19,22-44,47H2,1-2H3,(H,49,50)/b17-15-,18-16-,21-20-. The lowest BCUT2D eigenvalue weighted by molar-refractivity contribution is -0.154. The van der Waals surface area contributed by atoms with E-state index < -0.39 is 13.9 Å². The van der Waals surface area contributed by atoms with E-state index >= 15 is 0 Å². The minimum absolute atomic E-state index is 0.0974. The Balaban J connectivity index is 4.00. The maximum Gasteiger partial charge on any atom is 0.472 e. The van der Waals surface area contributed by atoms with Gasteiger partial charge in [0.2, 0.25) is 0 Å². The van der Waals surface area contributed by atoms with Gasteiger partial charge in [-0.25, -0.2) is 4.57 Å². The summed E-state index contributed by atoms with van der Waals surface area (Å²) in [5.74, 6) is -0.336. The lowest BCUT2D eigenvalue weighted by Gasteiger charge is -2.20. The molecule has 0 saturated heterocycles. The lowest BCUT2D eigenvalue weighted by Crippen LogP contribution is -2.28. The molecule has 0 aliphatic carbocycles. The third-order valence-electron chi connectivity index (χ3n) is 9.78. The number of phosphoric ester groups is 1. The minimum atomic E-state index is -4.28. The molecule has 0 aliphatic rings. The molecule has 0 spiro atoms. The third kappa shape index (κ3) is 43.7. The number of ether oxygens (including phenoxy) is 2. The van der Waals surface area contributed by atoms with Crippen LogP contribution in [-0.2, 0) is 27.9 Å². The smallest absolute Gasteiger partial charge is 0.457 e. The zero-order chi connectivity index (χ0) is 40.2. The summed E-state index contributed by atoms with van der Waals surface area (Å²) in [5.41, 5.74) is 5.37. The van der Waals surface area contributed by atoms with Crippen molar-refractivity contribution in [1.82, 2.24) is 0 Å². The van der Waals surface area contributed by atoms with Gasteiger partial charge in [0.05, 0.1) is 19.8 Å². The van der Waals surface area contributed by atoms with Gasteiger partial charge in [0, 0.05) is 19.6 Å². The van der Waals surface area contributed by atoms with E-state index in [1.807, 2.05) is 0 Å². The molecule has 2 unspecified atom stereocenters. The Bertz CT molecular complexity index is 941. The SMILES string of the molecule is CCCCCCC/C=C\C/C=C\CCCCCCCCCCCC(=O)OC(COCCCCCCCC/C=C\CCCCCCC)COP(=O)(O)OCCN. The zero-order valence-electron chi connectivity index (χ0n) is 35.9. The molecular weight excluding hydrogens is 709 g/mol. The van der Waals surface area contributed by atoms with E-state index in [9.17, 15) is 14.3 Å². The predicted molar refractivity (Wildman–Crippen MR) is 233 cm³/mol. The Morgan fingerprint density at radius 3 is 1.44 bits per heavy atom. The summed E-state index contributed by atoms with van der Waals surface area (Å²) in [5, 5.41) is 0. The minimum Gasteiger partial charge on any atom is -0.457 e. The van der Waals surface area contributed by atoms with Crippen LogP contribution in [-0.4, -0.2) is 49.9 Å². The van der Waals surface area contributed by atoms with E-state index in [0.717, 1.165) is 38.5 Å². The fourth-order valence-corrected chi connectivity index (χ4v) is 7.14. The molecule has 324 valence electrons. The normalized spacial score (nSPS) is 13.7.